The average molecular weight is 311 g/mol. The molecule has 0 bridgehead atoms. The number of methoxy groups -OCH3 is 1. The van der Waals surface area contributed by atoms with Crippen LogP contribution < -0.4 is 0 Å². The van der Waals surface area contributed by atoms with E-state index in [2.05, 4.69) is 9.72 Å². The van der Waals surface area contributed by atoms with E-state index in [1.54, 1.807) is 23.1 Å². The Kier molecular flexibility index (Phi) is 5.25. The van der Waals surface area contributed by atoms with Gasteiger partial charge in [0.1, 0.15) is 5.76 Å². The van der Waals surface area contributed by atoms with Gasteiger partial charge in [0.2, 0.25) is 5.89 Å². The zero-order valence-electron chi connectivity index (χ0n) is 11.7. The van der Waals surface area contributed by atoms with Crippen LogP contribution in [-0.4, -0.2) is 23.3 Å². The highest BCUT2D eigenvalue weighted by Crippen LogP contribution is 2.28. The summed E-state index contributed by atoms with van der Waals surface area (Å²) >= 11 is 3.29. The van der Waals surface area contributed by atoms with Crippen molar-refractivity contribution in [1.29, 1.82) is 0 Å². The lowest BCUT2D eigenvalue weighted by molar-refractivity contribution is -0.140. The molecule has 0 aromatic carbocycles. The molecule has 108 valence electrons. The van der Waals surface area contributed by atoms with Crippen LogP contribution >= 0.6 is 23.1 Å². The van der Waals surface area contributed by atoms with E-state index in [1.165, 1.54) is 7.11 Å². The number of esters is 1. The number of aromatic nitrogens is 1. The van der Waals surface area contributed by atoms with E-state index in [4.69, 9.17) is 4.42 Å². The van der Waals surface area contributed by atoms with Crippen LogP contribution in [0.3, 0.4) is 0 Å². The Morgan fingerprint density at radius 1 is 1.60 bits per heavy atom. The van der Waals surface area contributed by atoms with Gasteiger partial charge in [-0.3, -0.25) is 4.79 Å². The fraction of sp³-hybridized carbons (Fsp3) is 0.429. The number of aryl methyl sites for hydroxylation is 1. The lowest BCUT2D eigenvalue weighted by atomic mass is 10.3. The first-order chi connectivity index (χ1) is 9.60. The van der Waals surface area contributed by atoms with Crippen molar-refractivity contribution in [1.82, 2.24) is 4.98 Å². The number of nitrogens with zero attached hydrogens (tertiary/aromatic N) is 1. The van der Waals surface area contributed by atoms with Crippen LogP contribution in [0.4, 0.5) is 0 Å². The molecule has 0 aliphatic carbocycles. The number of rotatable bonds is 6. The predicted octanol–water partition coefficient (Wildman–Crippen LogP) is 3.90. The summed E-state index contributed by atoms with van der Waals surface area (Å²) < 4.78 is 10.4. The smallest absolute Gasteiger partial charge is 0.306 e. The van der Waals surface area contributed by atoms with Gasteiger partial charge < -0.3 is 9.15 Å². The minimum Gasteiger partial charge on any atom is -0.469 e. The predicted molar refractivity (Wildman–Crippen MR) is 81.9 cm³/mol. The van der Waals surface area contributed by atoms with Crippen LogP contribution in [0.1, 0.15) is 24.8 Å². The molecule has 0 amide bonds. The molecule has 0 saturated heterocycles. The number of hydrogen-bond acceptors (Lipinski definition) is 6. The number of ether oxygens (including phenoxy) is 1. The van der Waals surface area contributed by atoms with Crippen molar-refractivity contribution in [2.75, 3.05) is 7.11 Å². The topological polar surface area (TPSA) is 52.3 Å². The first-order valence-corrected chi connectivity index (χ1v) is 8.21. The highest BCUT2D eigenvalue weighted by molar-refractivity contribution is 7.99. The maximum Gasteiger partial charge on any atom is 0.306 e. The Bertz CT molecular complexity index is 563. The standard InChI is InChI=1S/C14H17NO3S2/c1-9(7-13(16)17-3)20-8-11-10(2)18-14(15-11)12-5-4-6-19-12/h4-6,9H,7-8H2,1-3H3. The number of thiophene rings is 1. The summed E-state index contributed by atoms with van der Waals surface area (Å²) in [6.45, 7) is 3.93. The number of carbonyl (C=O) groups is 1. The molecule has 2 heterocycles. The van der Waals surface area contributed by atoms with Crippen LogP contribution in [0, 0.1) is 6.92 Å². The summed E-state index contributed by atoms with van der Waals surface area (Å²) in [6, 6.07) is 3.97. The van der Waals surface area contributed by atoms with Crippen molar-refractivity contribution in [2.24, 2.45) is 0 Å². The van der Waals surface area contributed by atoms with Crippen LogP contribution in [0.25, 0.3) is 10.8 Å². The molecule has 20 heavy (non-hydrogen) atoms. The molecule has 1 atom stereocenters. The Morgan fingerprint density at radius 2 is 2.40 bits per heavy atom. The van der Waals surface area contributed by atoms with E-state index < -0.39 is 0 Å². The lowest BCUT2D eigenvalue weighted by Crippen LogP contribution is -2.08. The summed E-state index contributed by atoms with van der Waals surface area (Å²) in [7, 11) is 1.41. The summed E-state index contributed by atoms with van der Waals surface area (Å²) in [6.07, 6.45) is 0.413. The molecule has 2 rings (SSSR count). The van der Waals surface area contributed by atoms with E-state index in [9.17, 15) is 4.79 Å². The Labute approximate surface area is 126 Å². The quantitative estimate of drug-likeness (QED) is 0.757. The third kappa shape index (κ3) is 3.86. The van der Waals surface area contributed by atoms with Crippen molar-refractivity contribution in [3.8, 4) is 10.8 Å². The van der Waals surface area contributed by atoms with E-state index in [-0.39, 0.29) is 11.2 Å². The molecule has 0 N–H and O–H groups in total. The second-order valence-corrected chi connectivity index (χ2v) is 6.78. The zero-order chi connectivity index (χ0) is 14.5. The van der Waals surface area contributed by atoms with Crippen LogP contribution in [0.5, 0.6) is 0 Å². The highest BCUT2D eigenvalue weighted by Gasteiger charge is 2.15. The normalized spacial score (nSPS) is 12.3. The second-order valence-electron chi connectivity index (χ2n) is 4.40. The summed E-state index contributed by atoms with van der Waals surface area (Å²) in [5.41, 5.74) is 0.940. The molecular formula is C14H17NO3S2. The molecule has 0 spiro atoms. The van der Waals surface area contributed by atoms with Crippen molar-refractivity contribution < 1.29 is 13.9 Å². The Hall–Kier alpha value is -1.27. The van der Waals surface area contributed by atoms with Crippen LogP contribution in [-0.2, 0) is 15.3 Å². The molecule has 0 aliphatic rings. The third-order valence-corrected chi connectivity index (χ3v) is 4.84. The molecule has 0 radical (unpaired) electrons. The number of thioether (sulfide) groups is 1. The first kappa shape index (κ1) is 15.1. The molecule has 2 aromatic rings. The van der Waals surface area contributed by atoms with Gasteiger partial charge in [-0.25, -0.2) is 4.98 Å². The van der Waals surface area contributed by atoms with Gasteiger partial charge >= 0.3 is 5.97 Å². The second kappa shape index (κ2) is 6.95. The molecule has 2 aromatic heterocycles. The van der Waals surface area contributed by atoms with Crippen LogP contribution in [0.2, 0.25) is 0 Å². The van der Waals surface area contributed by atoms with Gasteiger partial charge in [0.25, 0.3) is 0 Å². The average Bonchev–Trinajstić information content (AvgIpc) is 3.05. The number of carbonyl (C=O) groups excluding carboxylic acids is 1. The zero-order valence-corrected chi connectivity index (χ0v) is 13.3. The fourth-order valence-corrected chi connectivity index (χ4v) is 3.28. The van der Waals surface area contributed by atoms with Crippen LogP contribution in [0.15, 0.2) is 21.9 Å². The van der Waals surface area contributed by atoms with Crippen molar-refractivity contribution in [2.45, 2.75) is 31.3 Å². The molecule has 0 fully saturated rings. The lowest BCUT2D eigenvalue weighted by Gasteiger charge is -2.08. The van der Waals surface area contributed by atoms with E-state index in [0.717, 1.165) is 22.1 Å². The van der Waals surface area contributed by atoms with Gasteiger partial charge in [0.15, 0.2) is 0 Å². The van der Waals surface area contributed by atoms with Gasteiger partial charge in [0.05, 0.1) is 24.1 Å². The van der Waals surface area contributed by atoms with Crippen molar-refractivity contribution in [3.05, 3.63) is 29.0 Å². The minimum atomic E-state index is -0.179. The third-order valence-electron chi connectivity index (χ3n) is 2.81. The summed E-state index contributed by atoms with van der Waals surface area (Å²) in [5, 5.41) is 2.20. The molecule has 1 unspecified atom stereocenters. The maximum atomic E-state index is 11.2. The fourth-order valence-electron chi connectivity index (χ4n) is 1.67. The highest BCUT2D eigenvalue weighted by atomic mass is 32.2. The maximum absolute atomic E-state index is 11.2. The van der Waals surface area contributed by atoms with Crippen molar-refractivity contribution >= 4 is 29.1 Å². The van der Waals surface area contributed by atoms with Gasteiger partial charge in [-0.05, 0) is 18.4 Å². The summed E-state index contributed by atoms with van der Waals surface area (Å²) in [4.78, 5) is 16.8. The minimum absolute atomic E-state index is 0.179. The molecular weight excluding hydrogens is 294 g/mol. The first-order valence-electron chi connectivity index (χ1n) is 6.28. The van der Waals surface area contributed by atoms with E-state index >= 15 is 0 Å². The van der Waals surface area contributed by atoms with Crippen molar-refractivity contribution in [3.63, 3.8) is 0 Å². The Morgan fingerprint density at radius 3 is 3.05 bits per heavy atom. The monoisotopic (exact) mass is 311 g/mol. The molecule has 4 nitrogen and oxygen atoms in total. The Balaban J connectivity index is 1.95. The largest absolute Gasteiger partial charge is 0.469 e. The molecule has 0 aliphatic heterocycles. The molecule has 6 heteroatoms. The van der Waals surface area contributed by atoms with E-state index in [0.29, 0.717) is 12.3 Å². The number of hydrogen-bond donors (Lipinski definition) is 0. The van der Waals surface area contributed by atoms with Gasteiger partial charge in [0, 0.05) is 11.0 Å². The van der Waals surface area contributed by atoms with E-state index in [1.807, 2.05) is 31.4 Å². The molecule has 0 saturated carbocycles. The van der Waals surface area contributed by atoms with Gasteiger partial charge in [-0.2, -0.15) is 11.8 Å². The SMILES string of the molecule is COC(=O)CC(C)SCc1nc(-c2cccs2)oc1C. The number of oxazole rings is 1. The summed E-state index contributed by atoms with van der Waals surface area (Å²) in [5.74, 6) is 2.07. The van der Waals surface area contributed by atoms with Gasteiger partial charge in [-0.1, -0.05) is 13.0 Å². The van der Waals surface area contributed by atoms with Gasteiger partial charge in [-0.15, -0.1) is 11.3 Å².